The minimum Gasteiger partial charge on any atom is -0.388 e. The summed E-state index contributed by atoms with van der Waals surface area (Å²) in [6.07, 6.45) is -3.97. The Bertz CT molecular complexity index is 1550. The number of hydrogen-bond donors (Lipinski definition) is 7. The van der Waals surface area contributed by atoms with Crippen LogP contribution in [0.1, 0.15) is 5.56 Å². The van der Waals surface area contributed by atoms with Gasteiger partial charge in [0.05, 0.1) is 17.7 Å². The van der Waals surface area contributed by atoms with E-state index in [1.54, 1.807) is 0 Å². The molecule has 0 aliphatic carbocycles. The maximum absolute atomic E-state index is 13.0. The zero-order chi connectivity index (χ0) is 29.5. The van der Waals surface area contributed by atoms with Crippen LogP contribution in [0.5, 0.6) is 0 Å². The number of nitrogens with two attached hydrogens (primary N) is 1. The lowest BCUT2D eigenvalue weighted by atomic mass is 10.0. The largest absolute Gasteiger partial charge is 0.388 e. The van der Waals surface area contributed by atoms with Gasteiger partial charge in [-0.05, 0) is 16.7 Å². The van der Waals surface area contributed by atoms with Crippen molar-refractivity contribution in [2.45, 2.75) is 30.6 Å². The molecule has 219 valence electrons. The summed E-state index contributed by atoms with van der Waals surface area (Å²) in [4.78, 5) is 49.4. The number of anilines is 2. The Balaban J connectivity index is 1.34. The molecular formula is C24H29N4O10P2Si. The fourth-order valence-electron chi connectivity index (χ4n) is 5.01. The molecule has 2 aliphatic rings. The zero-order valence-corrected chi connectivity index (χ0v) is 24.3. The number of aromatic nitrogens is 2. The molecule has 3 aromatic rings. The van der Waals surface area contributed by atoms with Crippen molar-refractivity contribution in [2.24, 2.45) is 0 Å². The third-order valence-corrected chi connectivity index (χ3v) is 13.1. The lowest BCUT2D eigenvalue weighted by molar-refractivity contribution is -0.00504. The van der Waals surface area contributed by atoms with Crippen LogP contribution in [0, 0.1) is 0 Å². The monoisotopic (exact) mass is 623 g/mol. The SMILES string of the molecule is Nc1nc2c(c(=O)[nH]1)N(Cc1ccc(-c3ccccc3)cc1)C[Si]2[C@@H]1O[C@H](COP(=O)(O)CP(=O)(O)O)[C@@H](O)[C@H]1O. The van der Waals surface area contributed by atoms with Crippen molar-refractivity contribution >= 4 is 40.9 Å². The van der Waals surface area contributed by atoms with Crippen molar-refractivity contribution < 1.29 is 43.3 Å². The van der Waals surface area contributed by atoms with Gasteiger partial charge in [-0.15, -0.1) is 0 Å². The molecule has 0 amide bonds. The van der Waals surface area contributed by atoms with E-state index in [0.29, 0.717) is 11.9 Å². The quantitative estimate of drug-likeness (QED) is 0.120. The Morgan fingerprint density at radius 1 is 1.05 bits per heavy atom. The molecule has 2 aliphatic heterocycles. The van der Waals surface area contributed by atoms with Crippen LogP contribution in [0.4, 0.5) is 11.6 Å². The highest BCUT2D eigenvalue weighted by atomic mass is 31.2. The van der Waals surface area contributed by atoms with E-state index in [1.165, 1.54) is 0 Å². The fraction of sp³-hybridized carbons (Fsp3) is 0.333. The summed E-state index contributed by atoms with van der Waals surface area (Å²) in [5.74, 6) is -1.51. The number of fused-ring (bicyclic) bond motifs is 1. The van der Waals surface area contributed by atoms with Gasteiger partial charge >= 0.3 is 15.2 Å². The first-order valence-corrected chi connectivity index (χ1v) is 17.8. The van der Waals surface area contributed by atoms with Gasteiger partial charge in [0, 0.05) is 12.7 Å². The molecule has 1 saturated heterocycles. The zero-order valence-electron chi connectivity index (χ0n) is 21.5. The highest BCUT2D eigenvalue weighted by Gasteiger charge is 2.52. The number of aliphatic hydroxyl groups is 2. The van der Waals surface area contributed by atoms with Gasteiger partial charge in [0.15, 0.2) is 20.6 Å². The first-order valence-electron chi connectivity index (χ1n) is 12.5. The van der Waals surface area contributed by atoms with Gasteiger partial charge in [-0.1, -0.05) is 54.6 Å². The normalized spacial score (nSPS) is 24.4. The highest BCUT2D eigenvalue weighted by Crippen LogP contribution is 2.55. The number of hydrogen-bond acceptors (Lipinski definition) is 10. The van der Waals surface area contributed by atoms with Gasteiger partial charge in [0.25, 0.3) is 5.56 Å². The Morgan fingerprint density at radius 3 is 2.37 bits per heavy atom. The molecule has 0 bridgehead atoms. The van der Waals surface area contributed by atoms with Crippen molar-refractivity contribution in [1.29, 1.82) is 0 Å². The van der Waals surface area contributed by atoms with Gasteiger partial charge in [0.1, 0.15) is 24.0 Å². The average molecular weight is 624 g/mol. The predicted molar refractivity (Wildman–Crippen MR) is 151 cm³/mol. The van der Waals surface area contributed by atoms with E-state index in [1.807, 2.05) is 59.5 Å². The molecule has 1 unspecified atom stereocenters. The predicted octanol–water partition coefficient (Wildman–Crippen LogP) is -0.354. The summed E-state index contributed by atoms with van der Waals surface area (Å²) in [6, 6.07) is 17.7. The second-order valence-electron chi connectivity index (χ2n) is 9.91. The molecule has 0 saturated carbocycles. The van der Waals surface area contributed by atoms with Crippen molar-refractivity contribution in [3.05, 3.63) is 70.5 Å². The summed E-state index contributed by atoms with van der Waals surface area (Å²) in [6.45, 7) is -0.355. The number of nitrogens with zero attached hydrogens (tertiary/aromatic N) is 2. The van der Waals surface area contributed by atoms with Crippen LogP contribution in [-0.2, 0) is 24.9 Å². The number of nitrogens with one attached hydrogen (secondary N) is 1. The number of rotatable bonds is 9. The summed E-state index contributed by atoms with van der Waals surface area (Å²) >= 11 is 0. The van der Waals surface area contributed by atoms with Crippen molar-refractivity contribution in [3.8, 4) is 11.1 Å². The van der Waals surface area contributed by atoms with E-state index in [4.69, 9.17) is 24.8 Å². The average Bonchev–Trinajstić information content (AvgIpc) is 3.39. The maximum Gasteiger partial charge on any atom is 0.340 e. The molecule has 5 atom stereocenters. The van der Waals surface area contributed by atoms with Gasteiger partial charge in [0.2, 0.25) is 0 Å². The molecule has 41 heavy (non-hydrogen) atoms. The second kappa shape index (κ2) is 11.5. The van der Waals surface area contributed by atoms with Gasteiger partial charge in [-0.3, -0.25) is 18.9 Å². The van der Waals surface area contributed by atoms with Crippen molar-refractivity contribution in [2.75, 3.05) is 29.3 Å². The van der Waals surface area contributed by atoms with E-state index in [-0.39, 0.29) is 17.8 Å². The molecule has 17 heteroatoms. The first-order chi connectivity index (χ1) is 19.3. The number of nitrogen functional groups attached to an aromatic ring is 1. The summed E-state index contributed by atoms with van der Waals surface area (Å²) in [7, 11) is -11.6. The third-order valence-electron chi connectivity index (χ3n) is 6.84. The summed E-state index contributed by atoms with van der Waals surface area (Å²) in [5.41, 5.74) is 7.67. The summed E-state index contributed by atoms with van der Waals surface area (Å²) in [5, 5.41) is 21.8. The van der Waals surface area contributed by atoms with E-state index < -0.39 is 66.1 Å². The fourth-order valence-corrected chi connectivity index (χ4v) is 10.7. The number of H-pyrrole nitrogens is 1. The number of aliphatic hydroxyl groups excluding tert-OH is 2. The lowest BCUT2D eigenvalue weighted by Gasteiger charge is -2.22. The highest BCUT2D eigenvalue weighted by molar-refractivity contribution is 7.70. The van der Waals surface area contributed by atoms with Crippen LogP contribution < -0.4 is 21.5 Å². The smallest absolute Gasteiger partial charge is 0.340 e. The minimum absolute atomic E-state index is 0.114. The molecule has 1 aromatic heterocycles. The Hall–Kier alpha value is -2.68. The van der Waals surface area contributed by atoms with Crippen LogP contribution in [0.15, 0.2) is 59.4 Å². The topological polar surface area (TPSA) is 229 Å². The van der Waals surface area contributed by atoms with Crippen molar-refractivity contribution in [3.63, 3.8) is 0 Å². The van der Waals surface area contributed by atoms with Crippen LogP contribution in [0.3, 0.4) is 0 Å². The van der Waals surface area contributed by atoms with Crippen LogP contribution in [0.25, 0.3) is 11.1 Å². The molecule has 0 spiro atoms. The standard InChI is InChI=1S/C24H29N4O10P2Si/c25-24-26-21(31)18-22(27-24)41(12-28(18)10-14-6-8-16(9-7-14)15-4-2-1-3-5-15)23-20(30)19(29)17(38-23)11-37-40(35,36)13-39(32,33)34/h1-9,17,19-20,23,29-30H,10-13H2,(H,35,36)(H2,32,33,34)(H3,25,26,27,31)/t17-,19-,20-,23+/m1/s1. The van der Waals surface area contributed by atoms with E-state index in [9.17, 15) is 29.0 Å². The molecule has 1 radical (unpaired) electrons. The van der Waals surface area contributed by atoms with Gasteiger partial charge < -0.3 is 44.8 Å². The molecule has 8 N–H and O–H groups in total. The Labute approximate surface area is 235 Å². The third kappa shape index (κ3) is 6.71. The maximum atomic E-state index is 13.0. The summed E-state index contributed by atoms with van der Waals surface area (Å²) < 4.78 is 33.8. The lowest BCUT2D eigenvalue weighted by Crippen LogP contribution is -2.51. The molecule has 5 rings (SSSR count). The van der Waals surface area contributed by atoms with Crippen LogP contribution in [-0.4, -0.2) is 86.4 Å². The molecule has 3 heterocycles. The van der Waals surface area contributed by atoms with Crippen LogP contribution in [0.2, 0.25) is 0 Å². The van der Waals surface area contributed by atoms with E-state index in [0.717, 1.165) is 16.7 Å². The Morgan fingerprint density at radius 2 is 1.71 bits per heavy atom. The number of ether oxygens (including phenoxy) is 1. The first kappa shape index (κ1) is 29.8. The molecular weight excluding hydrogens is 594 g/mol. The van der Waals surface area contributed by atoms with Gasteiger partial charge in [-0.25, -0.2) is 4.98 Å². The van der Waals surface area contributed by atoms with Crippen LogP contribution >= 0.6 is 15.2 Å². The Kier molecular flexibility index (Phi) is 8.38. The molecule has 14 nitrogen and oxygen atoms in total. The molecule has 2 aromatic carbocycles. The second-order valence-corrected chi connectivity index (χ2v) is 16.3. The number of benzene rings is 2. The van der Waals surface area contributed by atoms with Crippen molar-refractivity contribution in [1.82, 2.24) is 9.97 Å². The minimum atomic E-state index is -4.85. The van der Waals surface area contributed by atoms with E-state index >= 15 is 0 Å². The van der Waals surface area contributed by atoms with E-state index in [2.05, 4.69) is 9.97 Å². The van der Waals surface area contributed by atoms with Gasteiger partial charge in [-0.2, -0.15) is 0 Å². The molecule has 1 fully saturated rings. The number of aromatic amines is 1.